The summed E-state index contributed by atoms with van der Waals surface area (Å²) in [7, 11) is 1.20. The van der Waals surface area contributed by atoms with Crippen molar-refractivity contribution in [1.29, 1.82) is 0 Å². The molecule has 0 saturated carbocycles. The van der Waals surface area contributed by atoms with E-state index < -0.39 is 23.7 Å². The number of benzene rings is 2. The molecule has 0 N–H and O–H groups in total. The summed E-state index contributed by atoms with van der Waals surface area (Å²) in [4.78, 5) is 36.7. The summed E-state index contributed by atoms with van der Waals surface area (Å²) in [5.41, 5.74) is 1.52. The quantitative estimate of drug-likeness (QED) is 0.464. The van der Waals surface area contributed by atoms with Gasteiger partial charge in [-0.2, -0.15) is 0 Å². The van der Waals surface area contributed by atoms with Crippen molar-refractivity contribution in [1.82, 2.24) is 4.90 Å². The third-order valence-electron chi connectivity index (χ3n) is 3.98. The van der Waals surface area contributed by atoms with Crippen LogP contribution in [0.5, 0.6) is 5.75 Å². The number of hydrogen-bond acceptors (Lipinski definition) is 6. The molecule has 0 aliphatic carbocycles. The smallest absolute Gasteiger partial charge is 0.325 e. The van der Waals surface area contributed by atoms with E-state index in [2.05, 4.69) is 4.74 Å². The lowest BCUT2D eigenvalue weighted by molar-refractivity contribution is -0.143. The summed E-state index contributed by atoms with van der Waals surface area (Å²) in [6.07, 6.45) is 1.59. The summed E-state index contributed by atoms with van der Waals surface area (Å²) in [5.74, 6) is -0.564. The number of amides is 2. The number of carbonyl (C=O) groups is 3. The van der Waals surface area contributed by atoms with E-state index >= 15 is 0 Å². The summed E-state index contributed by atoms with van der Waals surface area (Å²) in [5, 5.41) is 0.572. The Morgan fingerprint density at radius 2 is 1.86 bits per heavy atom. The summed E-state index contributed by atoms with van der Waals surface area (Å²) < 4.78 is 10.2. The number of esters is 1. The lowest BCUT2D eigenvalue weighted by atomic mass is 10.2. The van der Waals surface area contributed by atoms with Crippen LogP contribution in [0, 0.1) is 0 Å². The Hall–Kier alpha value is -2.48. The molecule has 0 atom stereocenters. The van der Waals surface area contributed by atoms with Crippen LogP contribution in [0.3, 0.4) is 0 Å². The van der Waals surface area contributed by atoms with E-state index in [-0.39, 0.29) is 11.5 Å². The number of nitrogens with zero attached hydrogens (tertiary/aromatic N) is 1. The van der Waals surface area contributed by atoms with E-state index in [1.54, 1.807) is 48.5 Å². The Morgan fingerprint density at radius 1 is 1.14 bits per heavy atom. The molecular weight excluding hydrogens is 437 g/mol. The molecule has 2 aromatic carbocycles. The number of methoxy groups -OCH3 is 1. The van der Waals surface area contributed by atoms with Gasteiger partial charge in [0.1, 0.15) is 18.9 Å². The van der Waals surface area contributed by atoms with Crippen LogP contribution in [0.2, 0.25) is 10.0 Å². The minimum Gasteiger partial charge on any atom is -0.489 e. The third-order valence-corrected chi connectivity index (χ3v) is 5.47. The molecule has 29 heavy (non-hydrogen) atoms. The lowest BCUT2D eigenvalue weighted by Crippen LogP contribution is -2.34. The van der Waals surface area contributed by atoms with Gasteiger partial charge in [0.05, 0.1) is 12.0 Å². The van der Waals surface area contributed by atoms with Gasteiger partial charge in [0.15, 0.2) is 0 Å². The maximum absolute atomic E-state index is 12.3. The summed E-state index contributed by atoms with van der Waals surface area (Å²) in [6.45, 7) is -0.125. The van der Waals surface area contributed by atoms with Crippen LogP contribution in [-0.4, -0.2) is 35.7 Å². The number of rotatable bonds is 6. The first-order chi connectivity index (χ1) is 13.9. The number of hydrogen-bond donors (Lipinski definition) is 0. The van der Waals surface area contributed by atoms with Crippen molar-refractivity contribution in [3.8, 4) is 5.75 Å². The fourth-order valence-electron chi connectivity index (χ4n) is 2.44. The normalized spacial score (nSPS) is 15.1. The molecule has 0 unspecified atom stereocenters. The molecule has 6 nitrogen and oxygen atoms in total. The molecule has 2 amide bonds. The Balaban J connectivity index is 1.65. The Kier molecular flexibility index (Phi) is 6.84. The van der Waals surface area contributed by atoms with Gasteiger partial charge in [-0.15, -0.1) is 0 Å². The second-order valence-corrected chi connectivity index (χ2v) is 7.77. The molecule has 0 radical (unpaired) electrons. The first-order valence-electron chi connectivity index (χ1n) is 8.36. The second-order valence-electron chi connectivity index (χ2n) is 5.94. The van der Waals surface area contributed by atoms with Crippen molar-refractivity contribution in [3.63, 3.8) is 0 Å². The molecule has 9 heteroatoms. The molecular formula is C20H15Cl2NO5S. The zero-order chi connectivity index (χ0) is 21.0. The van der Waals surface area contributed by atoms with Crippen molar-refractivity contribution in [2.45, 2.75) is 6.61 Å². The lowest BCUT2D eigenvalue weighted by Gasteiger charge is -2.09. The maximum Gasteiger partial charge on any atom is 0.325 e. The zero-order valence-corrected chi connectivity index (χ0v) is 17.5. The fourth-order valence-corrected chi connectivity index (χ4v) is 3.74. The average molecular weight is 452 g/mol. The predicted molar refractivity (Wildman–Crippen MR) is 112 cm³/mol. The Morgan fingerprint density at radius 3 is 2.52 bits per heavy atom. The average Bonchev–Trinajstić information content (AvgIpc) is 2.95. The Labute approximate surface area is 181 Å². The first kappa shape index (κ1) is 21.2. The SMILES string of the molecule is COC(=O)CN1C(=O)S/C(=C/c2ccc(OCc3ccc(Cl)cc3Cl)cc2)C1=O. The van der Waals surface area contributed by atoms with E-state index in [0.29, 0.717) is 21.4 Å². The maximum atomic E-state index is 12.3. The molecule has 2 aromatic rings. The van der Waals surface area contributed by atoms with Crippen LogP contribution in [0.25, 0.3) is 6.08 Å². The number of carbonyl (C=O) groups excluding carboxylic acids is 3. The molecule has 1 saturated heterocycles. The van der Waals surface area contributed by atoms with E-state index in [1.807, 2.05) is 0 Å². The van der Waals surface area contributed by atoms with Gasteiger partial charge in [0.25, 0.3) is 11.1 Å². The van der Waals surface area contributed by atoms with Gasteiger partial charge in [-0.05, 0) is 47.7 Å². The number of imide groups is 1. The first-order valence-corrected chi connectivity index (χ1v) is 9.93. The molecule has 1 fully saturated rings. The number of halogens is 2. The van der Waals surface area contributed by atoms with Crippen molar-refractivity contribution in [3.05, 3.63) is 68.5 Å². The monoisotopic (exact) mass is 451 g/mol. The minimum atomic E-state index is -0.657. The van der Waals surface area contributed by atoms with Crippen LogP contribution in [0.1, 0.15) is 11.1 Å². The highest BCUT2D eigenvalue weighted by Crippen LogP contribution is 2.32. The molecule has 0 spiro atoms. The van der Waals surface area contributed by atoms with Crippen molar-refractivity contribution < 1.29 is 23.9 Å². The van der Waals surface area contributed by atoms with Crippen LogP contribution < -0.4 is 4.74 Å². The topological polar surface area (TPSA) is 72.9 Å². The van der Waals surface area contributed by atoms with Gasteiger partial charge >= 0.3 is 5.97 Å². The van der Waals surface area contributed by atoms with Crippen LogP contribution >= 0.6 is 35.0 Å². The molecule has 1 aliphatic rings. The van der Waals surface area contributed by atoms with Crippen molar-refractivity contribution in [2.75, 3.05) is 13.7 Å². The molecule has 1 aliphatic heterocycles. The van der Waals surface area contributed by atoms with Gasteiger partial charge < -0.3 is 9.47 Å². The second kappa shape index (κ2) is 9.35. The van der Waals surface area contributed by atoms with E-state index in [1.165, 1.54) is 7.11 Å². The molecule has 0 bridgehead atoms. The highest BCUT2D eigenvalue weighted by Gasteiger charge is 2.36. The van der Waals surface area contributed by atoms with Gasteiger partial charge in [0.2, 0.25) is 0 Å². The Bertz CT molecular complexity index is 991. The molecule has 150 valence electrons. The van der Waals surface area contributed by atoms with Crippen molar-refractivity contribution >= 4 is 58.2 Å². The fraction of sp³-hybridized carbons (Fsp3) is 0.150. The van der Waals surface area contributed by atoms with Crippen LogP contribution in [-0.2, 0) is 20.9 Å². The van der Waals surface area contributed by atoms with E-state index in [4.69, 9.17) is 27.9 Å². The number of thioether (sulfide) groups is 1. The largest absolute Gasteiger partial charge is 0.489 e. The van der Waals surface area contributed by atoms with Crippen LogP contribution in [0.4, 0.5) is 4.79 Å². The number of ether oxygens (including phenoxy) is 2. The zero-order valence-electron chi connectivity index (χ0n) is 15.2. The summed E-state index contributed by atoms with van der Waals surface area (Å²) in [6, 6.07) is 12.2. The standard InChI is InChI=1S/C20H15Cl2NO5S/c1-27-18(24)10-23-19(25)17(29-20(23)26)8-12-2-6-15(7-3-12)28-11-13-4-5-14(21)9-16(13)22/h2-9H,10-11H2,1H3/b17-8+. The minimum absolute atomic E-state index is 0.237. The van der Waals surface area contributed by atoms with E-state index in [9.17, 15) is 14.4 Å². The predicted octanol–water partition coefficient (Wildman–Crippen LogP) is 4.78. The highest BCUT2D eigenvalue weighted by molar-refractivity contribution is 8.18. The van der Waals surface area contributed by atoms with Gasteiger partial charge in [-0.3, -0.25) is 19.3 Å². The van der Waals surface area contributed by atoms with Crippen LogP contribution in [0.15, 0.2) is 47.4 Å². The van der Waals surface area contributed by atoms with Gasteiger partial charge in [-0.1, -0.05) is 41.4 Å². The van der Waals surface area contributed by atoms with Gasteiger partial charge in [-0.25, -0.2) is 0 Å². The van der Waals surface area contributed by atoms with E-state index in [0.717, 1.165) is 22.2 Å². The summed E-state index contributed by atoms with van der Waals surface area (Å²) >= 11 is 12.8. The third kappa shape index (κ3) is 5.32. The molecule has 0 aromatic heterocycles. The van der Waals surface area contributed by atoms with Crippen molar-refractivity contribution in [2.24, 2.45) is 0 Å². The highest BCUT2D eigenvalue weighted by atomic mass is 35.5. The molecule has 3 rings (SSSR count). The molecule has 1 heterocycles. The van der Waals surface area contributed by atoms with Gasteiger partial charge in [0, 0.05) is 15.6 Å².